The highest BCUT2D eigenvalue weighted by molar-refractivity contribution is 7.89. The van der Waals surface area contributed by atoms with Gasteiger partial charge in [-0.15, -0.1) is 0 Å². The molecule has 1 aliphatic carbocycles. The topological polar surface area (TPSA) is 55.4 Å². The minimum absolute atomic E-state index is 0.0964. The van der Waals surface area contributed by atoms with Crippen LogP contribution in [-0.2, 0) is 21.2 Å². The number of sulfonamides is 1. The highest BCUT2D eigenvalue weighted by Crippen LogP contribution is 2.32. The standard InChI is InChI=1S/C15H22FNO3S/c1-4-20-15(2,3)10-21(18,19)17-14-8-5-11-9-12(16)6-7-13(11)14/h6-7,9,14,17H,4-5,8,10H2,1-3H3. The van der Waals surface area contributed by atoms with Gasteiger partial charge in [0.15, 0.2) is 0 Å². The molecule has 0 aromatic heterocycles. The third-order valence-electron chi connectivity index (χ3n) is 3.58. The van der Waals surface area contributed by atoms with Crippen LogP contribution >= 0.6 is 0 Å². The van der Waals surface area contributed by atoms with E-state index in [9.17, 15) is 12.8 Å². The number of rotatable bonds is 6. The van der Waals surface area contributed by atoms with E-state index in [-0.39, 0.29) is 17.6 Å². The van der Waals surface area contributed by atoms with Crippen molar-refractivity contribution in [3.63, 3.8) is 0 Å². The molecule has 0 amide bonds. The van der Waals surface area contributed by atoms with Crippen LogP contribution in [0.3, 0.4) is 0 Å². The Morgan fingerprint density at radius 3 is 2.81 bits per heavy atom. The second-order valence-corrected chi connectivity index (χ2v) is 7.76. The lowest BCUT2D eigenvalue weighted by Gasteiger charge is -2.25. The van der Waals surface area contributed by atoms with E-state index in [0.717, 1.165) is 11.1 Å². The minimum atomic E-state index is -3.47. The third kappa shape index (κ3) is 4.25. The van der Waals surface area contributed by atoms with Crippen molar-refractivity contribution < 1.29 is 17.5 Å². The number of hydrogen-bond acceptors (Lipinski definition) is 3. The van der Waals surface area contributed by atoms with Crippen molar-refractivity contribution in [3.05, 3.63) is 35.1 Å². The summed E-state index contributed by atoms with van der Waals surface area (Å²) in [7, 11) is -3.47. The number of nitrogens with one attached hydrogen (secondary N) is 1. The summed E-state index contributed by atoms with van der Waals surface area (Å²) in [6, 6.07) is 4.24. The summed E-state index contributed by atoms with van der Waals surface area (Å²) >= 11 is 0. The van der Waals surface area contributed by atoms with Crippen molar-refractivity contribution in [2.75, 3.05) is 12.4 Å². The first-order chi connectivity index (χ1) is 9.72. The molecule has 0 bridgehead atoms. The normalized spacial score (nSPS) is 18.8. The fourth-order valence-electron chi connectivity index (χ4n) is 2.86. The van der Waals surface area contributed by atoms with Gasteiger partial charge in [0.05, 0.1) is 11.4 Å². The molecule has 4 nitrogen and oxygen atoms in total. The number of fused-ring (bicyclic) bond motifs is 1. The number of aryl methyl sites for hydroxylation is 1. The van der Waals surface area contributed by atoms with E-state index >= 15 is 0 Å². The van der Waals surface area contributed by atoms with Crippen molar-refractivity contribution in [2.24, 2.45) is 0 Å². The van der Waals surface area contributed by atoms with Crippen molar-refractivity contribution in [3.8, 4) is 0 Å². The summed E-state index contributed by atoms with van der Waals surface area (Å²) < 4.78 is 45.9. The largest absolute Gasteiger partial charge is 0.375 e. The van der Waals surface area contributed by atoms with Crippen LogP contribution in [0.25, 0.3) is 0 Å². The van der Waals surface area contributed by atoms with E-state index in [4.69, 9.17) is 4.74 Å². The molecule has 0 aliphatic heterocycles. The third-order valence-corrected chi connectivity index (χ3v) is 5.30. The van der Waals surface area contributed by atoms with Gasteiger partial charge < -0.3 is 4.74 Å². The average molecular weight is 315 g/mol. The van der Waals surface area contributed by atoms with Crippen LogP contribution in [0.15, 0.2) is 18.2 Å². The predicted octanol–water partition coefficient (Wildman–Crippen LogP) is 2.55. The molecule has 1 aromatic carbocycles. The van der Waals surface area contributed by atoms with E-state index in [2.05, 4.69) is 4.72 Å². The zero-order valence-corrected chi connectivity index (χ0v) is 13.5. The molecular weight excluding hydrogens is 293 g/mol. The molecule has 1 aliphatic rings. The molecule has 0 saturated heterocycles. The van der Waals surface area contributed by atoms with Crippen molar-refractivity contribution in [1.82, 2.24) is 4.72 Å². The van der Waals surface area contributed by atoms with Crippen LogP contribution in [0.1, 0.15) is 44.4 Å². The zero-order valence-electron chi connectivity index (χ0n) is 12.6. The second kappa shape index (κ2) is 6.02. The van der Waals surface area contributed by atoms with Crippen molar-refractivity contribution in [2.45, 2.75) is 45.3 Å². The fourth-order valence-corrected chi connectivity index (χ4v) is 4.62. The Morgan fingerprint density at radius 2 is 2.14 bits per heavy atom. The molecule has 1 atom stereocenters. The summed E-state index contributed by atoms with van der Waals surface area (Å²) in [5, 5.41) is 0. The molecule has 1 aromatic rings. The van der Waals surface area contributed by atoms with Crippen LogP contribution in [0.2, 0.25) is 0 Å². The number of ether oxygens (including phenoxy) is 1. The molecule has 1 unspecified atom stereocenters. The second-order valence-electron chi connectivity index (χ2n) is 6.00. The number of benzene rings is 1. The molecule has 0 heterocycles. The number of hydrogen-bond donors (Lipinski definition) is 1. The minimum Gasteiger partial charge on any atom is -0.375 e. The summed E-state index contributed by atoms with van der Waals surface area (Å²) in [4.78, 5) is 0. The first-order valence-corrected chi connectivity index (χ1v) is 8.80. The van der Waals surface area contributed by atoms with Crippen LogP contribution in [0.4, 0.5) is 4.39 Å². The molecule has 1 N–H and O–H groups in total. The lowest BCUT2D eigenvalue weighted by Crippen LogP contribution is -2.40. The van der Waals surface area contributed by atoms with Gasteiger partial charge in [-0.1, -0.05) is 6.07 Å². The van der Waals surface area contributed by atoms with Gasteiger partial charge in [0, 0.05) is 12.6 Å². The monoisotopic (exact) mass is 315 g/mol. The lowest BCUT2D eigenvalue weighted by molar-refractivity contribution is 0.00777. The van der Waals surface area contributed by atoms with Gasteiger partial charge in [0.25, 0.3) is 0 Å². The molecule has 0 spiro atoms. The zero-order chi connectivity index (χ0) is 15.7. The highest BCUT2D eigenvalue weighted by atomic mass is 32.2. The van der Waals surface area contributed by atoms with E-state index in [1.165, 1.54) is 12.1 Å². The Labute approximate surface area is 125 Å². The van der Waals surface area contributed by atoms with Crippen molar-refractivity contribution >= 4 is 10.0 Å². The van der Waals surface area contributed by atoms with Gasteiger partial charge in [-0.25, -0.2) is 17.5 Å². The lowest BCUT2D eigenvalue weighted by atomic mass is 10.1. The maximum Gasteiger partial charge on any atom is 0.214 e. The quantitative estimate of drug-likeness (QED) is 0.878. The molecule has 2 rings (SSSR count). The van der Waals surface area contributed by atoms with Crippen LogP contribution in [-0.4, -0.2) is 26.4 Å². The Balaban J connectivity index is 2.09. The van der Waals surface area contributed by atoms with Gasteiger partial charge >= 0.3 is 0 Å². The van der Waals surface area contributed by atoms with Crippen LogP contribution in [0, 0.1) is 5.82 Å². The van der Waals surface area contributed by atoms with Gasteiger partial charge in [-0.3, -0.25) is 0 Å². The average Bonchev–Trinajstić information content (AvgIpc) is 2.69. The SMILES string of the molecule is CCOC(C)(C)CS(=O)(=O)NC1CCc2cc(F)ccc21. The summed E-state index contributed by atoms with van der Waals surface area (Å²) in [5.41, 5.74) is 1.02. The Morgan fingerprint density at radius 1 is 1.43 bits per heavy atom. The Kier molecular flexibility index (Phi) is 4.70. The van der Waals surface area contributed by atoms with E-state index in [1.807, 2.05) is 6.92 Å². The maximum atomic E-state index is 13.2. The van der Waals surface area contributed by atoms with Gasteiger partial charge in [-0.05, 0) is 56.9 Å². The molecule has 0 saturated carbocycles. The fraction of sp³-hybridized carbons (Fsp3) is 0.600. The molecule has 118 valence electrons. The Bertz CT molecular complexity index is 613. The number of halogens is 1. The highest BCUT2D eigenvalue weighted by Gasteiger charge is 2.31. The summed E-state index contributed by atoms with van der Waals surface area (Å²) in [6.07, 6.45) is 1.35. The van der Waals surface area contributed by atoms with Gasteiger partial charge in [0.2, 0.25) is 10.0 Å². The van der Waals surface area contributed by atoms with Crippen LogP contribution in [0.5, 0.6) is 0 Å². The van der Waals surface area contributed by atoms with Gasteiger partial charge in [-0.2, -0.15) is 0 Å². The molecule has 0 fully saturated rings. The predicted molar refractivity (Wildman–Crippen MR) is 80.1 cm³/mol. The van der Waals surface area contributed by atoms with Crippen molar-refractivity contribution in [1.29, 1.82) is 0 Å². The molecule has 21 heavy (non-hydrogen) atoms. The first-order valence-electron chi connectivity index (χ1n) is 7.15. The molecule has 6 heteroatoms. The van der Waals surface area contributed by atoms with Gasteiger partial charge in [0.1, 0.15) is 5.82 Å². The van der Waals surface area contributed by atoms with E-state index in [1.54, 1.807) is 19.9 Å². The molecule has 0 radical (unpaired) electrons. The summed E-state index contributed by atoms with van der Waals surface area (Å²) in [5.74, 6) is -0.379. The van der Waals surface area contributed by atoms with E-state index in [0.29, 0.717) is 19.4 Å². The van der Waals surface area contributed by atoms with E-state index < -0.39 is 15.6 Å². The smallest absolute Gasteiger partial charge is 0.214 e. The molecular formula is C15H22FNO3S. The maximum absolute atomic E-state index is 13.2. The Hall–Kier alpha value is -0.980. The summed E-state index contributed by atoms with van der Waals surface area (Å²) in [6.45, 7) is 5.82. The first kappa shape index (κ1) is 16.4. The van der Waals surface area contributed by atoms with Crippen LogP contribution < -0.4 is 4.72 Å².